The van der Waals surface area contributed by atoms with Crippen LogP contribution < -0.4 is 15.4 Å². The van der Waals surface area contributed by atoms with E-state index < -0.39 is 0 Å². The molecule has 1 saturated carbocycles. The first-order chi connectivity index (χ1) is 15.6. The highest BCUT2D eigenvalue weighted by Gasteiger charge is 2.38. The van der Waals surface area contributed by atoms with E-state index in [1.165, 1.54) is 19.3 Å². The standard InChI is InChI=1S/C24H30N6O2/c1-15-6-7-17(14-25-15)27-24(31)26-16-10-11-30(18-4-3-5-18)22(12-16)23-28-20-9-8-19(32-2)13-21(20)29-23/h6-9,13-14,16,18,22H,3-5,10-12H2,1-2H3,(H,28,29)(H2,26,27,31)/t16-,22-/m1/s1. The van der Waals surface area contributed by atoms with Crippen molar-refractivity contribution in [3.8, 4) is 5.75 Å². The first-order valence-electron chi connectivity index (χ1n) is 11.4. The number of amides is 2. The van der Waals surface area contributed by atoms with E-state index in [0.717, 1.165) is 47.7 Å². The summed E-state index contributed by atoms with van der Waals surface area (Å²) in [6, 6.07) is 10.3. The number of H-pyrrole nitrogens is 1. The molecule has 2 aromatic heterocycles. The number of aryl methyl sites for hydroxylation is 1. The van der Waals surface area contributed by atoms with Gasteiger partial charge in [0, 0.05) is 30.4 Å². The van der Waals surface area contributed by atoms with E-state index in [9.17, 15) is 4.79 Å². The number of hydrogen-bond acceptors (Lipinski definition) is 5. The van der Waals surface area contributed by atoms with Gasteiger partial charge in [0.1, 0.15) is 11.6 Å². The summed E-state index contributed by atoms with van der Waals surface area (Å²) in [5.41, 5.74) is 3.54. The lowest BCUT2D eigenvalue weighted by molar-refractivity contribution is 0.0374. The Balaban J connectivity index is 1.32. The number of benzene rings is 1. The number of ether oxygens (including phenoxy) is 1. The highest BCUT2D eigenvalue weighted by molar-refractivity contribution is 5.89. The number of rotatable bonds is 5. The Morgan fingerprint density at radius 1 is 1.22 bits per heavy atom. The van der Waals surface area contributed by atoms with Crippen molar-refractivity contribution in [2.75, 3.05) is 19.0 Å². The van der Waals surface area contributed by atoms with Crippen LogP contribution in [0.5, 0.6) is 5.75 Å². The van der Waals surface area contributed by atoms with Gasteiger partial charge in [-0.15, -0.1) is 0 Å². The van der Waals surface area contributed by atoms with Gasteiger partial charge in [-0.1, -0.05) is 6.42 Å². The Bertz CT molecular complexity index is 1090. The second kappa shape index (κ2) is 8.78. The fourth-order valence-corrected chi connectivity index (χ4v) is 4.73. The Morgan fingerprint density at radius 2 is 2.09 bits per heavy atom. The number of aromatic nitrogens is 3. The highest BCUT2D eigenvalue weighted by Crippen LogP contribution is 2.38. The van der Waals surface area contributed by atoms with Crippen molar-refractivity contribution in [2.45, 2.75) is 57.2 Å². The number of fused-ring (bicyclic) bond motifs is 1. The van der Waals surface area contributed by atoms with Gasteiger partial charge < -0.3 is 20.4 Å². The van der Waals surface area contributed by atoms with Crippen molar-refractivity contribution in [2.24, 2.45) is 0 Å². The van der Waals surface area contributed by atoms with Crippen LogP contribution in [0.15, 0.2) is 36.5 Å². The molecule has 8 nitrogen and oxygen atoms in total. The molecule has 1 aliphatic heterocycles. The minimum Gasteiger partial charge on any atom is -0.497 e. The number of carbonyl (C=O) groups excluding carboxylic acids is 1. The molecule has 0 unspecified atom stereocenters. The molecule has 3 N–H and O–H groups in total. The number of carbonyl (C=O) groups is 1. The number of pyridine rings is 1. The maximum Gasteiger partial charge on any atom is 0.319 e. The van der Waals surface area contributed by atoms with Crippen LogP contribution in [0, 0.1) is 6.92 Å². The van der Waals surface area contributed by atoms with Gasteiger partial charge in [0.2, 0.25) is 0 Å². The molecule has 3 heterocycles. The molecule has 2 aliphatic rings. The maximum absolute atomic E-state index is 12.6. The van der Waals surface area contributed by atoms with E-state index in [4.69, 9.17) is 9.72 Å². The molecule has 3 aromatic rings. The Hall–Kier alpha value is -3.13. The molecular formula is C24H30N6O2. The van der Waals surface area contributed by atoms with Crippen LogP contribution in [0.3, 0.4) is 0 Å². The van der Waals surface area contributed by atoms with Crippen LogP contribution in [-0.4, -0.2) is 51.6 Å². The number of piperidine rings is 1. The third kappa shape index (κ3) is 4.27. The smallest absolute Gasteiger partial charge is 0.319 e. The molecule has 32 heavy (non-hydrogen) atoms. The fourth-order valence-electron chi connectivity index (χ4n) is 4.73. The number of imidazole rings is 1. The van der Waals surface area contributed by atoms with Gasteiger partial charge in [0.25, 0.3) is 0 Å². The second-order valence-corrected chi connectivity index (χ2v) is 8.85. The quantitative estimate of drug-likeness (QED) is 0.561. The second-order valence-electron chi connectivity index (χ2n) is 8.85. The summed E-state index contributed by atoms with van der Waals surface area (Å²) in [6.07, 6.45) is 7.21. The average molecular weight is 435 g/mol. The van der Waals surface area contributed by atoms with Crippen LogP contribution in [0.1, 0.15) is 49.7 Å². The van der Waals surface area contributed by atoms with Gasteiger partial charge >= 0.3 is 6.03 Å². The number of hydrogen-bond donors (Lipinski definition) is 3. The fraction of sp³-hybridized carbons (Fsp3) is 0.458. The number of nitrogens with zero attached hydrogens (tertiary/aromatic N) is 3. The molecule has 1 aromatic carbocycles. The summed E-state index contributed by atoms with van der Waals surface area (Å²) in [5.74, 6) is 1.78. The van der Waals surface area contributed by atoms with E-state index in [1.807, 2.05) is 37.3 Å². The molecule has 8 heteroatoms. The number of aromatic amines is 1. The van der Waals surface area contributed by atoms with Crippen LogP contribution >= 0.6 is 0 Å². The van der Waals surface area contributed by atoms with E-state index in [1.54, 1.807) is 13.3 Å². The van der Waals surface area contributed by atoms with Crippen LogP contribution in [0.25, 0.3) is 11.0 Å². The predicted molar refractivity (Wildman–Crippen MR) is 124 cm³/mol. The van der Waals surface area contributed by atoms with Crippen LogP contribution in [-0.2, 0) is 0 Å². The lowest BCUT2D eigenvalue weighted by atomic mass is 9.86. The first kappa shape index (κ1) is 20.8. The van der Waals surface area contributed by atoms with Crippen molar-refractivity contribution >= 4 is 22.8 Å². The highest BCUT2D eigenvalue weighted by atomic mass is 16.5. The number of likely N-dealkylation sites (tertiary alicyclic amines) is 1. The number of methoxy groups -OCH3 is 1. The maximum atomic E-state index is 12.6. The molecule has 0 bridgehead atoms. The van der Waals surface area contributed by atoms with Crippen molar-refractivity contribution in [1.82, 2.24) is 25.2 Å². The van der Waals surface area contributed by atoms with E-state index >= 15 is 0 Å². The molecule has 0 radical (unpaired) electrons. The summed E-state index contributed by atoms with van der Waals surface area (Å²) < 4.78 is 5.36. The average Bonchev–Trinajstić information content (AvgIpc) is 3.18. The zero-order chi connectivity index (χ0) is 22.1. The molecule has 2 fully saturated rings. The molecule has 168 valence electrons. The van der Waals surface area contributed by atoms with Crippen LogP contribution in [0.2, 0.25) is 0 Å². The summed E-state index contributed by atoms with van der Waals surface area (Å²) in [4.78, 5) is 27.8. The Labute approximate surface area is 187 Å². The summed E-state index contributed by atoms with van der Waals surface area (Å²) in [5, 5.41) is 6.06. The minimum atomic E-state index is -0.189. The molecular weight excluding hydrogens is 404 g/mol. The molecule has 2 amide bonds. The van der Waals surface area contributed by atoms with Gasteiger partial charge in [-0.3, -0.25) is 9.88 Å². The topological polar surface area (TPSA) is 95.2 Å². The van der Waals surface area contributed by atoms with Crippen molar-refractivity contribution in [3.05, 3.63) is 48.0 Å². The Kier molecular flexibility index (Phi) is 5.70. The lowest BCUT2D eigenvalue weighted by Crippen LogP contribution is -2.52. The number of urea groups is 1. The van der Waals surface area contributed by atoms with E-state index in [-0.39, 0.29) is 18.1 Å². The van der Waals surface area contributed by atoms with Gasteiger partial charge in [-0.25, -0.2) is 9.78 Å². The van der Waals surface area contributed by atoms with Crippen molar-refractivity contribution in [1.29, 1.82) is 0 Å². The summed E-state index contributed by atoms with van der Waals surface area (Å²) in [6.45, 7) is 2.88. The summed E-state index contributed by atoms with van der Waals surface area (Å²) >= 11 is 0. The largest absolute Gasteiger partial charge is 0.497 e. The predicted octanol–water partition coefficient (Wildman–Crippen LogP) is 4.15. The number of nitrogens with one attached hydrogen (secondary N) is 3. The lowest BCUT2D eigenvalue weighted by Gasteiger charge is -2.46. The van der Waals surface area contributed by atoms with Gasteiger partial charge in [-0.2, -0.15) is 0 Å². The third-order valence-corrected chi connectivity index (χ3v) is 6.72. The Morgan fingerprint density at radius 3 is 2.81 bits per heavy atom. The molecule has 2 atom stereocenters. The first-order valence-corrected chi connectivity index (χ1v) is 11.4. The van der Waals surface area contributed by atoms with Gasteiger partial charge in [-0.05, 0) is 56.9 Å². The molecule has 1 aliphatic carbocycles. The van der Waals surface area contributed by atoms with Gasteiger partial charge in [0.05, 0.1) is 36.1 Å². The summed E-state index contributed by atoms with van der Waals surface area (Å²) in [7, 11) is 1.67. The monoisotopic (exact) mass is 434 g/mol. The molecule has 1 saturated heterocycles. The zero-order valence-corrected chi connectivity index (χ0v) is 18.6. The minimum absolute atomic E-state index is 0.0810. The van der Waals surface area contributed by atoms with Gasteiger partial charge in [0.15, 0.2) is 0 Å². The number of anilines is 1. The normalized spacial score (nSPS) is 21.8. The SMILES string of the molecule is COc1ccc2nc([C@H]3C[C@H](NC(=O)Nc4ccc(C)nc4)CCN3C3CCC3)[nH]c2c1. The van der Waals surface area contributed by atoms with Crippen molar-refractivity contribution in [3.63, 3.8) is 0 Å². The van der Waals surface area contributed by atoms with Crippen molar-refractivity contribution < 1.29 is 9.53 Å². The van der Waals surface area contributed by atoms with Crippen LogP contribution in [0.4, 0.5) is 10.5 Å². The molecule has 5 rings (SSSR count). The van der Waals surface area contributed by atoms with E-state index in [2.05, 4.69) is 25.5 Å². The molecule has 0 spiro atoms. The zero-order valence-electron chi connectivity index (χ0n) is 18.6. The van der Waals surface area contributed by atoms with E-state index in [0.29, 0.717) is 11.7 Å². The third-order valence-electron chi connectivity index (χ3n) is 6.72.